The summed E-state index contributed by atoms with van der Waals surface area (Å²) in [5, 5.41) is 3.23. The third kappa shape index (κ3) is 4.36. The van der Waals surface area contributed by atoms with Crippen molar-refractivity contribution in [2.75, 3.05) is 18.0 Å². The maximum absolute atomic E-state index is 14.9. The van der Waals surface area contributed by atoms with Crippen molar-refractivity contribution < 1.29 is 9.18 Å². The van der Waals surface area contributed by atoms with Crippen LogP contribution in [0, 0.1) is 5.82 Å². The van der Waals surface area contributed by atoms with Gasteiger partial charge in [0.1, 0.15) is 23.0 Å². The maximum atomic E-state index is 14.9. The molecule has 2 fully saturated rings. The van der Waals surface area contributed by atoms with Crippen molar-refractivity contribution in [3.8, 4) is 11.4 Å². The average Bonchev–Trinajstić information content (AvgIpc) is 3.42. The number of thiophene rings is 1. The van der Waals surface area contributed by atoms with Gasteiger partial charge in [-0.05, 0) is 72.3 Å². The van der Waals surface area contributed by atoms with Gasteiger partial charge in [0.15, 0.2) is 0 Å². The molecule has 3 aromatic heterocycles. The minimum atomic E-state index is -0.288. The second-order valence-electron chi connectivity index (χ2n) is 9.25. The van der Waals surface area contributed by atoms with Crippen LogP contribution in [-0.2, 0) is 0 Å². The van der Waals surface area contributed by atoms with Crippen molar-refractivity contribution in [3.63, 3.8) is 0 Å². The largest absolute Gasteiger partial charge is 0.356 e. The Balaban J connectivity index is 1.37. The Bertz CT molecular complexity index is 1400. The number of imidazole rings is 1. The summed E-state index contributed by atoms with van der Waals surface area (Å²) < 4.78 is 18.1. The standard InChI is InChI=1S/C26H25BrFN5OS/c27-23-10-9-22(35-23)26(34)30-16-5-3-6-17(13-16)33-21-14-24(32-11-4-12-32)29-15-20(21)31-25(33)18-7-1-2-8-19(18)28/h1-2,7-10,14-17H,3-6,11-13H2,(H,30,34)/t16-,17+/m0/s1. The van der Waals surface area contributed by atoms with Crippen molar-refractivity contribution in [1.82, 2.24) is 19.9 Å². The molecular weight excluding hydrogens is 529 g/mol. The van der Waals surface area contributed by atoms with Gasteiger partial charge in [0, 0.05) is 31.2 Å². The van der Waals surface area contributed by atoms with Crippen LogP contribution in [0.15, 0.2) is 52.4 Å². The van der Waals surface area contributed by atoms with Crippen LogP contribution in [0.4, 0.5) is 10.2 Å². The molecule has 2 atom stereocenters. The Morgan fingerprint density at radius 3 is 2.74 bits per heavy atom. The molecular formula is C26H25BrFN5OS. The molecule has 0 bridgehead atoms. The van der Waals surface area contributed by atoms with E-state index in [2.05, 4.69) is 41.8 Å². The van der Waals surface area contributed by atoms with Gasteiger partial charge in [0.25, 0.3) is 5.91 Å². The molecule has 9 heteroatoms. The van der Waals surface area contributed by atoms with Crippen LogP contribution in [0.2, 0.25) is 0 Å². The van der Waals surface area contributed by atoms with E-state index in [-0.39, 0.29) is 23.8 Å². The number of rotatable bonds is 5. The molecule has 6 nitrogen and oxygen atoms in total. The quantitative estimate of drug-likeness (QED) is 0.320. The van der Waals surface area contributed by atoms with Gasteiger partial charge in [-0.3, -0.25) is 4.79 Å². The van der Waals surface area contributed by atoms with E-state index in [4.69, 9.17) is 4.98 Å². The van der Waals surface area contributed by atoms with Crippen LogP contribution in [0.5, 0.6) is 0 Å². The zero-order valence-electron chi connectivity index (χ0n) is 19.1. The molecule has 1 aliphatic heterocycles. The van der Waals surface area contributed by atoms with E-state index < -0.39 is 0 Å². The number of aromatic nitrogens is 3. The summed E-state index contributed by atoms with van der Waals surface area (Å²) in [4.78, 5) is 25.3. The third-order valence-electron chi connectivity index (χ3n) is 7.00. The van der Waals surface area contributed by atoms with Crippen molar-refractivity contribution in [1.29, 1.82) is 0 Å². The fourth-order valence-corrected chi connectivity index (χ4v) is 6.42. The summed E-state index contributed by atoms with van der Waals surface area (Å²) in [5.41, 5.74) is 2.23. The van der Waals surface area contributed by atoms with Gasteiger partial charge in [0.2, 0.25) is 0 Å². The lowest BCUT2D eigenvalue weighted by atomic mass is 9.90. The van der Waals surface area contributed by atoms with Crippen LogP contribution >= 0.6 is 27.3 Å². The van der Waals surface area contributed by atoms with Crippen LogP contribution in [0.3, 0.4) is 0 Å². The van der Waals surface area contributed by atoms with Crippen LogP contribution in [-0.4, -0.2) is 39.6 Å². The molecule has 1 aromatic carbocycles. The molecule has 1 saturated carbocycles. The normalized spacial score (nSPS) is 20.1. The predicted molar refractivity (Wildman–Crippen MR) is 141 cm³/mol. The summed E-state index contributed by atoms with van der Waals surface area (Å²) in [6.45, 7) is 2.01. The smallest absolute Gasteiger partial charge is 0.261 e. The molecule has 0 spiro atoms. The maximum Gasteiger partial charge on any atom is 0.261 e. The third-order valence-corrected chi connectivity index (χ3v) is 8.62. The highest BCUT2D eigenvalue weighted by Gasteiger charge is 2.30. The molecule has 1 N–H and O–H groups in total. The molecule has 180 valence electrons. The Morgan fingerprint density at radius 2 is 2.00 bits per heavy atom. The fourth-order valence-electron chi connectivity index (χ4n) is 5.13. The number of hydrogen-bond acceptors (Lipinski definition) is 5. The SMILES string of the molecule is O=C(N[C@H]1CCC[C@@H](n2c(-c3ccccc3F)nc3cnc(N4CCC4)cc32)C1)c1ccc(Br)s1. The number of halogens is 2. The van der Waals surface area contributed by atoms with Gasteiger partial charge < -0.3 is 14.8 Å². The highest BCUT2D eigenvalue weighted by Crippen LogP contribution is 2.38. The molecule has 6 rings (SSSR count). The van der Waals surface area contributed by atoms with Gasteiger partial charge in [-0.15, -0.1) is 11.3 Å². The van der Waals surface area contributed by atoms with Crippen molar-refractivity contribution >= 4 is 50.0 Å². The van der Waals surface area contributed by atoms with Gasteiger partial charge >= 0.3 is 0 Å². The van der Waals surface area contributed by atoms with E-state index in [1.54, 1.807) is 18.3 Å². The number of carbonyl (C=O) groups is 1. The van der Waals surface area contributed by atoms with Crippen LogP contribution in [0.1, 0.15) is 47.8 Å². The highest BCUT2D eigenvalue weighted by atomic mass is 79.9. The summed E-state index contributed by atoms with van der Waals surface area (Å²) in [5.74, 6) is 1.23. The van der Waals surface area contributed by atoms with Crippen molar-refractivity contribution in [3.05, 3.63) is 63.1 Å². The van der Waals surface area contributed by atoms with E-state index in [1.807, 2.05) is 18.2 Å². The van der Waals surface area contributed by atoms with E-state index in [0.717, 1.165) is 59.4 Å². The molecule has 1 aliphatic carbocycles. The molecule has 2 aliphatic rings. The number of pyridine rings is 1. The average molecular weight is 554 g/mol. The number of nitrogens with one attached hydrogen (secondary N) is 1. The molecule has 0 radical (unpaired) electrons. The van der Waals surface area contributed by atoms with E-state index in [9.17, 15) is 9.18 Å². The fraction of sp³-hybridized carbons (Fsp3) is 0.346. The van der Waals surface area contributed by atoms with Gasteiger partial charge in [-0.25, -0.2) is 14.4 Å². The minimum absolute atomic E-state index is 0.0413. The summed E-state index contributed by atoms with van der Waals surface area (Å²) >= 11 is 4.87. The predicted octanol–water partition coefficient (Wildman–Crippen LogP) is 6.19. The molecule has 1 saturated heterocycles. The van der Waals surface area contributed by atoms with Gasteiger partial charge in [-0.1, -0.05) is 12.1 Å². The highest BCUT2D eigenvalue weighted by molar-refractivity contribution is 9.11. The summed E-state index contributed by atoms with van der Waals surface area (Å²) in [6.07, 6.45) is 6.60. The Morgan fingerprint density at radius 1 is 1.14 bits per heavy atom. The molecule has 4 heterocycles. The summed E-state index contributed by atoms with van der Waals surface area (Å²) in [7, 11) is 0. The molecule has 35 heavy (non-hydrogen) atoms. The first-order valence-corrected chi connectivity index (χ1v) is 13.6. The number of amides is 1. The number of benzene rings is 1. The van der Waals surface area contributed by atoms with E-state index in [0.29, 0.717) is 16.3 Å². The Hall–Kier alpha value is -2.78. The second kappa shape index (κ2) is 9.35. The lowest BCUT2D eigenvalue weighted by Crippen LogP contribution is -2.38. The van der Waals surface area contributed by atoms with E-state index >= 15 is 0 Å². The second-order valence-corrected chi connectivity index (χ2v) is 11.7. The number of fused-ring (bicyclic) bond motifs is 1. The zero-order chi connectivity index (χ0) is 23.9. The first-order valence-electron chi connectivity index (χ1n) is 12.0. The van der Waals surface area contributed by atoms with Gasteiger partial charge in [-0.2, -0.15) is 0 Å². The first kappa shape index (κ1) is 22.7. The Labute approximate surface area is 215 Å². The lowest BCUT2D eigenvalue weighted by molar-refractivity contribution is 0.0925. The zero-order valence-corrected chi connectivity index (χ0v) is 21.5. The summed E-state index contributed by atoms with van der Waals surface area (Å²) in [6, 6.07) is 12.8. The topological polar surface area (TPSA) is 63.1 Å². The number of anilines is 1. The monoisotopic (exact) mass is 553 g/mol. The van der Waals surface area contributed by atoms with Crippen LogP contribution in [0.25, 0.3) is 22.4 Å². The molecule has 0 unspecified atom stereocenters. The number of carbonyl (C=O) groups excluding carboxylic acids is 1. The van der Waals surface area contributed by atoms with Crippen molar-refractivity contribution in [2.24, 2.45) is 0 Å². The minimum Gasteiger partial charge on any atom is -0.356 e. The van der Waals surface area contributed by atoms with Gasteiger partial charge in [0.05, 0.1) is 25.9 Å². The molecule has 4 aromatic rings. The first-order chi connectivity index (χ1) is 17.1. The lowest BCUT2D eigenvalue weighted by Gasteiger charge is -2.33. The van der Waals surface area contributed by atoms with Crippen LogP contribution < -0.4 is 10.2 Å². The van der Waals surface area contributed by atoms with E-state index in [1.165, 1.54) is 23.8 Å². The number of nitrogens with zero attached hydrogens (tertiary/aromatic N) is 4. The van der Waals surface area contributed by atoms with Crippen molar-refractivity contribution in [2.45, 2.75) is 44.2 Å². The number of hydrogen-bond donors (Lipinski definition) is 1. The Kier molecular flexibility index (Phi) is 6.06. The molecule has 1 amide bonds.